The Hall–Kier alpha value is -1.52. The van der Waals surface area contributed by atoms with E-state index in [1.54, 1.807) is 0 Å². The van der Waals surface area contributed by atoms with E-state index in [0.29, 0.717) is 0 Å². The van der Waals surface area contributed by atoms with Gasteiger partial charge in [-0.15, -0.1) is 0 Å². The van der Waals surface area contributed by atoms with E-state index in [9.17, 15) is 39.6 Å². The van der Waals surface area contributed by atoms with Crippen molar-refractivity contribution in [2.75, 3.05) is 26.4 Å². The molecule has 0 aliphatic rings. The molecule has 168 valence electrons. The molecule has 9 nitrogen and oxygen atoms in total. The molecule has 0 aromatic rings. The van der Waals surface area contributed by atoms with Gasteiger partial charge in [-0.25, -0.2) is 0 Å². The van der Waals surface area contributed by atoms with E-state index < -0.39 is 84.4 Å². The van der Waals surface area contributed by atoms with Crippen LogP contribution in [0.1, 0.15) is 41.5 Å². The summed E-state index contributed by atoms with van der Waals surface area (Å²) in [5.74, 6) is -5.48. The number of ketones is 4. The zero-order chi connectivity index (χ0) is 23.2. The summed E-state index contributed by atoms with van der Waals surface area (Å²) in [7, 11) is 0. The summed E-state index contributed by atoms with van der Waals surface area (Å²) in [6.45, 7) is 6.23. The second-order valence-corrected chi connectivity index (χ2v) is 8.77. The van der Waals surface area contributed by atoms with Crippen LogP contribution in [0.5, 0.6) is 0 Å². The van der Waals surface area contributed by atoms with E-state index in [1.165, 1.54) is 27.7 Å². The molecule has 0 aliphatic heterocycles. The summed E-state index contributed by atoms with van der Waals surface area (Å²) >= 11 is 0. The molecule has 0 saturated carbocycles. The van der Waals surface area contributed by atoms with Crippen molar-refractivity contribution in [1.29, 1.82) is 0 Å². The molecule has 4 atom stereocenters. The lowest BCUT2D eigenvalue weighted by Gasteiger charge is -2.30. The molecular weight excluding hydrogens is 384 g/mol. The fourth-order valence-corrected chi connectivity index (χ4v) is 2.43. The number of aliphatic hydroxyl groups is 4. The van der Waals surface area contributed by atoms with Crippen molar-refractivity contribution >= 4 is 23.1 Å². The third kappa shape index (κ3) is 7.35. The average molecular weight is 418 g/mol. The fourth-order valence-electron chi connectivity index (χ4n) is 2.43. The number of ether oxygens (including phenoxy) is 1. The SMILES string of the molecule is CC(=O)C(COCC(C(C)=O)C(=O)[C@H](O)C(C)(C)CO)C(=O)[C@H](O)C(C)(C)CO. The van der Waals surface area contributed by atoms with Crippen LogP contribution in [-0.2, 0) is 23.9 Å². The van der Waals surface area contributed by atoms with Crippen LogP contribution in [0.25, 0.3) is 0 Å². The first-order chi connectivity index (χ1) is 13.1. The predicted octanol–water partition coefficient (Wildman–Crippen LogP) is -0.690. The molecule has 0 spiro atoms. The Balaban J connectivity index is 5.23. The zero-order valence-electron chi connectivity index (χ0n) is 18.0. The van der Waals surface area contributed by atoms with E-state index in [4.69, 9.17) is 4.74 Å². The maximum atomic E-state index is 12.4. The Morgan fingerprint density at radius 1 is 0.724 bits per heavy atom. The lowest BCUT2D eigenvalue weighted by Crippen LogP contribution is -2.46. The molecule has 29 heavy (non-hydrogen) atoms. The maximum Gasteiger partial charge on any atom is 0.174 e. The first kappa shape index (κ1) is 27.5. The minimum absolute atomic E-state index is 0.469. The Morgan fingerprint density at radius 3 is 1.21 bits per heavy atom. The van der Waals surface area contributed by atoms with E-state index in [-0.39, 0.29) is 0 Å². The van der Waals surface area contributed by atoms with E-state index in [0.717, 1.165) is 13.8 Å². The Labute approximate surface area is 171 Å². The van der Waals surface area contributed by atoms with Gasteiger partial charge in [-0.3, -0.25) is 19.2 Å². The van der Waals surface area contributed by atoms with Crippen LogP contribution in [0, 0.1) is 22.7 Å². The standard InChI is InChI=1S/C20H34O9/c1-11(23)13(15(25)17(27)19(3,4)9-21)7-29-8-14(12(2)24)16(26)18(28)20(5,6)10-22/h13-14,17-18,21-22,27-28H,7-10H2,1-6H3/t13?,14?,17-,18-/m0/s1. The Kier molecular flexibility index (Phi) is 10.5. The van der Waals surface area contributed by atoms with Gasteiger partial charge >= 0.3 is 0 Å². The second kappa shape index (κ2) is 11.0. The molecule has 0 radical (unpaired) electrons. The van der Waals surface area contributed by atoms with Gasteiger partial charge in [0.15, 0.2) is 11.6 Å². The highest BCUT2D eigenvalue weighted by molar-refractivity contribution is 6.04. The lowest BCUT2D eigenvalue weighted by atomic mass is 9.80. The van der Waals surface area contributed by atoms with Crippen molar-refractivity contribution in [2.45, 2.75) is 53.8 Å². The third-order valence-electron chi connectivity index (χ3n) is 5.07. The third-order valence-corrected chi connectivity index (χ3v) is 5.07. The number of aliphatic hydroxyl groups excluding tert-OH is 4. The van der Waals surface area contributed by atoms with E-state index in [1.807, 2.05) is 0 Å². The lowest BCUT2D eigenvalue weighted by molar-refractivity contribution is -0.148. The van der Waals surface area contributed by atoms with Gasteiger partial charge in [0, 0.05) is 10.8 Å². The highest BCUT2D eigenvalue weighted by Gasteiger charge is 2.40. The number of carbonyl (C=O) groups excluding carboxylic acids is 4. The van der Waals surface area contributed by atoms with Gasteiger partial charge in [0.05, 0.1) is 26.4 Å². The number of rotatable bonds is 14. The highest BCUT2D eigenvalue weighted by atomic mass is 16.5. The van der Waals surface area contributed by atoms with E-state index >= 15 is 0 Å². The van der Waals surface area contributed by atoms with Gasteiger partial charge in [0.1, 0.15) is 35.6 Å². The number of carbonyl (C=O) groups is 4. The van der Waals surface area contributed by atoms with Crippen LogP contribution in [0.15, 0.2) is 0 Å². The molecule has 9 heteroatoms. The van der Waals surface area contributed by atoms with Crippen LogP contribution < -0.4 is 0 Å². The Morgan fingerprint density at radius 2 is 1.00 bits per heavy atom. The monoisotopic (exact) mass is 418 g/mol. The van der Waals surface area contributed by atoms with Crippen LogP contribution in [-0.4, -0.2) is 82.2 Å². The number of hydrogen-bond donors (Lipinski definition) is 4. The van der Waals surface area contributed by atoms with Crippen molar-refractivity contribution in [3.63, 3.8) is 0 Å². The summed E-state index contributed by atoms with van der Waals surface area (Å²) in [5.41, 5.74) is -2.33. The molecule has 0 bridgehead atoms. The molecule has 0 rings (SSSR count). The molecule has 4 N–H and O–H groups in total. The average Bonchev–Trinajstić information content (AvgIpc) is 2.64. The molecule has 0 amide bonds. The molecule has 0 heterocycles. The van der Waals surface area contributed by atoms with Crippen LogP contribution >= 0.6 is 0 Å². The quantitative estimate of drug-likeness (QED) is 0.268. The summed E-state index contributed by atoms with van der Waals surface area (Å²) in [6, 6.07) is 0. The topological polar surface area (TPSA) is 158 Å². The molecule has 0 saturated heterocycles. The predicted molar refractivity (Wildman–Crippen MR) is 103 cm³/mol. The first-order valence-electron chi connectivity index (χ1n) is 9.38. The summed E-state index contributed by atoms with van der Waals surface area (Å²) in [6.07, 6.45) is -3.22. The van der Waals surface area contributed by atoms with E-state index in [2.05, 4.69) is 0 Å². The minimum atomic E-state index is -1.61. The van der Waals surface area contributed by atoms with Crippen molar-refractivity contribution in [3.05, 3.63) is 0 Å². The minimum Gasteiger partial charge on any atom is -0.396 e. The molecule has 0 aliphatic carbocycles. The van der Waals surface area contributed by atoms with Crippen LogP contribution in [0.2, 0.25) is 0 Å². The number of hydrogen-bond acceptors (Lipinski definition) is 9. The van der Waals surface area contributed by atoms with Crippen LogP contribution in [0.3, 0.4) is 0 Å². The summed E-state index contributed by atoms with van der Waals surface area (Å²) in [4.78, 5) is 48.6. The van der Waals surface area contributed by atoms with Crippen LogP contribution in [0.4, 0.5) is 0 Å². The largest absolute Gasteiger partial charge is 0.396 e. The maximum absolute atomic E-state index is 12.4. The Bertz CT molecular complexity index is 557. The second-order valence-electron chi connectivity index (χ2n) is 8.77. The van der Waals surface area contributed by atoms with Gasteiger partial charge < -0.3 is 25.2 Å². The van der Waals surface area contributed by atoms with Gasteiger partial charge in [-0.2, -0.15) is 0 Å². The van der Waals surface area contributed by atoms with Gasteiger partial charge in [-0.05, 0) is 13.8 Å². The van der Waals surface area contributed by atoms with Crippen molar-refractivity contribution in [2.24, 2.45) is 22.7 Å². The van der Waals surface area contributed by atoms with Gasteiger partial charge in [-0.1, -0.05) is 27.7 Å². The smallest absolute Gasteiger partial charge is 0.174 e. The first-order valence-corrected chi connectivity index (χ1v) is 9.38. The van der Waals surface area contributed by atoms with Crippen molar-refractivity contribution in [1.82, 2.24) is 0 Å². The van der Waals surface area contributed by atoms with Gasteiger partial charge in [0.25, 0.3) is 0 Å². The number of Topliss-reactive ketones (excluding diaryl/α,β-unsaturated/α-hetero) is 4. The molecule has 0 fully saturated rings. The highest BCUT2D eigenvalue weighted by Crippen LogP contribution is 2.25. The fraction of sp³-hybridized carbons (Fsp3) is 0.800. The summed E-state index contributed by atoms with van der Waals surface area (Å²) in [5, 5.41) is 38.9. The molecular formula is C20H34O9. The summed E-state index contributed by atoms with van der Waals surface area (Å²) < 4.78 is 5.29. The van der Waals surface area contributed by atoms with Gasteiger partial charge in [0.2, 0.25) is 0 Å². The van der Waals surface area contributed by atoms with Crippen molar-refractivity contribution < 1.29 is 44.3 Å². The molecule has 2 unspecified atom stereocenters. The van der Waals surface area contributed by atoms with Crippen molar-refractivity contribution in [3.8, 4) is 0 Å². The molecule has 0 aromatic heterocycles. The zero-order valence-corrected chi connectivity index (χ0v) is 18.0. The molecule has 0 aromatic carbocycles. The normalized spacial score (nSPS) is 16.6.